The van der Waals surface area contributed by atoms with Crippen molar-refractivity contribution in [2.75, 3.05) is 19.6 Å². The van der Waals surface area contributed by atoms with Crippen LogP contribution in [0.15, 0.2) is 18.6 Å². The number of aryl methyl sites for hydroxylation is 1. The Hall–Kier alpha value is -1.15. The van der Waals surface area contributed by atoms with Crippen molar-refractivity contribution in [1.29, 1.82) is 0 Å². The van der Waals surface area contributed by atoms with Gasteiger partial charge in [-0.2, -0.15) is 5.10 Å². The summed E-state index contributed by atoms with van der Waals surface area (Å²) in [6.07, 6.45) is 5.34. The summed E-state index contributed by atoms with van der Waals surface area (Å²) >= 11 is 1.43. The molecule has 1 atom stereocenters. The van der Waals surface area contributed by atoms with E-state index in [1.165, 1.54) is 11.3 Å². The second kappa shape index (κ2) is 7.92. The van der Waals surface area contributed by atoms with E-state index in [1.54, 1.807) is 17.1 Å². The fourth-order valence-electron chi connectivity index (χ4n) is 2.32. The second-order valence-corrected chi connectivity index (χ2v) is 6.01. The maximum atomic E-state index is 12.5. The lowest BCUT2D eigenvalue weighted by Crippen LogP contribution is -2.52. The predicted molar refractivity (Wildman–Crippen MR) is 92.2 cm³/mol. The van der Waals surface area contributed by atoms with Gasteiger partial charge in [0.15, 0.2) is 0 Å². The summed E-state index contributed by atoms with van der Waals surface area (Å²) in [5, 5.41) is 8.25. The summed E-state index contributed by atoms with van der Waals surface area (Å²) in [6.45, 7) is 4.51. The molecule has 0 aromatic carbocycles. The molecule has 1 aliphatic heterocycles. The third-order valence-corrected chi connectivity index (χ3v) is 4.46. The minimum Gasteiger partial charge on any atom is -0.333 e. The minimum absolute atomic E-state index is 0. The van der Waals surface area contributed by atoms with Gasteiger partial charge in [-0.1, -0.05) is 0 Å². The number of hydrogen-bond acceptors (Lipinski definition) is 5. The number of aromatic nitrogens is 3. The van der Waals surface area contributed by atoms with E-state index in [4.69, 9.17) is 0 Å². The van der Waals surface area contributed by atoms with Crippen LogP contribution in [0.25, 0.3) is 10.6 Å². The number of carbonyl (C=O) groups is 1. The Labute approximate surface area is 145 Å². The van der Waals surface area contributed by atoms with Gasteiger partial charge in [0.2, 0.25) is 0 Å². The van der Waals surface area contributed by atoms with Crippen molar-refractivity contribution in [3.05, 3.63) is 23.5 Å². The number of piperazine rings is 1. The van der Waals surface area contributed by atoms with Gasteiger partial charge in [0.25, 0.3) is 5.91 Å². The van der Waals surface area contributed by atoms with E-state index >= 15 is 0 Å². The largest absolute Gasteiger partial charge is 0.333 e. The van der Waals surface area contributed by atoms with E-state index in [0.29, 0.717) is 4.88 Å². The van der Waals surface area contributed by atoms with Gasteiger partial charge in [0.1, 0.15) is 9.88 Å². The normalized spacial score (nSPS) is 17.5. The Bertz CT molecular complexity index is 629. The highest BCUT2D eigenvalue weighted by molar-refractivity contribution is 7.16. The molecule has 6 nitrogen and oxygen atoms in total. The zero-order chi connectivity index (χ0) is 14.1. The molecular weight excluding hydrogens is 345 g/mol. The SMILES string of the molecule is C[C@@H]1CNCCN1C(=O)c1cnc(-c2cnn(C)c2)s1.Cl.Cl. The first-order valence-corrected chi connectivity index (χ1v) is 7.43. The van der Waals surface area contributed by atoms with E-state index in [9.17, 15) is 4.79 Å². The Balaban J connectivity index is 0.00000121. The molecule has 1 aliphatic rings. The molecular formula is C13H19Cl2N5OS. The van der Waals surface area contributed by atoms with Gasteiger partial charge in [0, 0.05) is 44.5 Å². The summed E-state index contributed by atoms with van der Waals surface area (Å²) in [5.41, 5.74) is 0.949. The first-order valence-electron chi connectivity index (χ1n) is 6.61. The second-order valence-electron chi connectivity index (χ2n) is 4.98. The molecule has 0 spiro atoms. The molecule has 1 N–H and O–H groups in total. The van der Waals surface area contributed by atoms with E-state index in [-0.39, 0.29) is 36.8 Å². The summed E-state index contributed by atoms with van der Waals surface area (Å²) in [6, 6.07) is 0.222. The molecule has 9 heteroatoms. The molecule has 3 rings (SSSR count). The summed E-state index contributed by atoms with van der Waals surface area (Å²) in [7, 11) is 1.87. The third kappa shape index (κ3) is 3.78. The average Bonchev–Trinajstić information content (AvgIpc) is 3.07. The quantitative estimate of drug-likeness (QED) is 0.883. The van der Waals surface area contributed by atoms with Gasteiger partial charge in [0.05, 0.1) is 12.4 Å². The van der Waals surface area contributed by atoms with Crippen LogP contribution < -0.4 is 5.32 Å². The van der Waals surface area contributed by atoms with Crippen molar-refractivity contribution < 1.29 is 4.79 Å². The molecule has 3 heterocycles. The third-order valence-electron chi connectivity index (χ3n) is 3.43. The number of halogens is 2. The Morgan fingerprint density at radius 1 is 1.41 bits per heavy atom. The van der Waals surface area contributed by atoms with E-state index in [2.05, 4.69) is 22.3 Å². The van der Waals surface area contributed by atoms with Crippen molar-refractivity contribution in [3.8, 4) is 10.6 Å². The van der Waals surface area contributed by atoms with Crippen molar-refractivity contribution in [2.45, 2.75) is 13.0 Å². The summed E-state index contributed by atoms with van der Waals surface area (Å²) in [4.78, 5) is 19.5. The molecule has 1 saturated heterocycles. The zero-order valence-electron chi connectivity index (χ0n) is 12.4. The number of hydrogen-bond donors (Lipinski definition) is 1. The maximum absolute atomic E-state index is 12.5. The van der Waals surface area contributed by atoms with Crippen LogP contribution in [0.5, 0.6) is 0 Å². The van der Waals surface area contributed by atoms with Crippen LogP contribution in [-0.2, 0) is 7.05 Å². The van der Waals surface area contributed by atoms with Crippen LogP contribution in [-0.4, -0.2) is 51.2 Å². The van der Waals surface area contributed by atoms with Crippen molar-refractivity contribution >= 4 is 42.1 Å². The van der Waals surface area contributed by atoms with Crippen molar-refractivity contribution in [2.24, 2.45) is 7.05 Å². The van der Waals surface area contributed by atoms with E-state index < -0.39 is 0 Å². The summed E-state index contributed by atoms with van der Waals surface area (Å²) in [5.74, 6) is 0.0756. The van der Waals surface area contributed by atoms with Crippen molar-refractivity contribution in [1.82, 2.24) is 25.0 Å². The molecule has 1 amide bonds. The molecule has 0 bridgehead atoms. The van der Waals surface area contributed by atoms with Gasteiger partial charge >= 0.3 is 0 Å². The van der Waals surface area contributed by atoms with Gasteiger partial charge in [-0.15, -0.1) is 36.2 Å². The van der Waals surface area contributed by atoms with Gasteiger partial charge < -0.3 is 10.2 Å². The number of nitrogens with one attached hydrogen (secondary N) is 1. The lowest BCUT2D eigenvalue weighted by molar-refractivity contribution is 0.0660. The van der Waals surface area contributed by atoms with Crippen LogP contribution in [0.2, 0.25) is 0 Å². The Kier molecular flexibility index (Phi) is 6.80. The van der Waals surface area contributed by atoms with Crippen LogP contribution in [0.4, 0.5) is 0 Å². The molecule has 0 saturated carbocycles. The fraction of sp³-hybridized carbons (Fsp3) is 0.462. The van der Waals surface area contributed by atoms with Gasteiger partial charge in [-0.05, 0) is 6.92 Å². The highest BCUT2D eigenvalue weighted by atomic mass is 35.5. The summed E-state index contributed by atoms with van der Waals surface area (Å²) < 4.78 is 1.73. The smallest absolute Gasteiger partial charge is 0.265 e. The van der Waals surface area contributed by atoms with Gasteiger partial charge in [-0.25, -0.2) is 4.98 Å². The molecule has 1 fully saturated rings. The monoisotopic (exact) mass is 363 g/mol. The molecule has 22 heavy (non-hydrogen) atoms. The Morgan fingerprint density at radius 2 is 2.18 bits per heavy atom. The molecule has 2 aromatic heterocycles. The molecule has 0 radical (unpaired) electrons. The molecule has 0 unspecified atom stereocenters. The topological polar surface area (TPSA) is 63.1 Å². The van der Waals surface area contributed by atoms with Crippen molar-refractivity contribution in [3.63, 3.8) is 0 Å². The number of amides is 1. The lowest BCUT2D eigenvalue weighted by atomic mass is 10.2. The van der Waals surface area contributed by atoms with E-state index in [1.807, 2.05) is 18.1 Å². The molecule has 122 valence electrons. The molecule has 0 aliphatic carbocycles. The number of carbonyl (C=O) groups excluding carboxylic acids is 1. The zero-order valence-corrected chi connectivity index (χ0v) is 14.8. The lowest BCUT2D eigenvalue weighted by Gasteiger charge is -2.33. The highest BCUT2D eigenvalue weighted by Gasteiger charge is 2.25. The fourth-order valence-corrected chi connectivity index (χ4v) is 3.17. The van der Waals surface area contributed by atoms with Crippen LogP contribution in [0.1, 0.15) is 16.6 Å². The number of nitrogens with zero attached hydrogens (tertiary/aromatic N) is 4. The Morgan fingerprint density at radius 3 is 2.82 bits per heavy atom. The van der Waals surface area contributed by atoms with Crippen LogP contribution in [0, 0.1) is 0 Å². The van der Waals surface area contributed by atoms with Crippen LogP contribution in [0.3, 0.4) is 0 Å². The first kappa shape index (κ1) is 18.9. The predicted octanol–water partition coefficient (Wildman–Crippen LogP) is 1.82. The maximum Gasteiger partial charge on any atom is 0.265 e. The minimum atomic E-state index is 0. The van der Waals surface area contributed by atoms with Gasteiger partial charge in [-0.3, -0.25) is 9.48 Å². The average molecular weight is 364 g/mol. The van der Waals surface area contributed by atoms with Crippen LogP contribution >= 0.6 is 36.2 Å². The van der Waals surface area contributed by atoms with E-state index in [0.717, 1.165) is 30.2 Å². The number of thiazole rings is 1. The number of rotatable bonds is 2. The molecule has 2 aromatic rings. The first-order chi connectivity index (χ1) is 9.65. The highest BCUT2D eigenvalue weighted by Crippen LogP contribution is 2.26. The standard InChI is InChI=1S/C13H17N5OS.2ClH/c1-9-5-14-3-4-18(9)13(19)11-7-15-12(20-11)10-6-16-17(2)8-10;;/h6-9,14H,3-5H2,1-2H3;2*1H/t9-;;/m1../s1.